The molecule has 0 radical (unpaired) electrons. The van der Waals surface area contributed by atoms with Gasteiger partial charge in [-0.15, -0.1) is 0 Å². The van der Waals surface area contributed by atoms with Crippen LogP contribution in [0.15, 0.2) is 17.1 Å². The van der Waals surface area contributed by atoms with Crippen molar-refractivity contribution in [1.82, 2.24) is 14.5 Å². The molecule has 29 heavy (non-hydrogen) atoms. The molecule has 0 aromatic carbocycles. The number of anilines is 1. The molecule has 1 aliphatic rings. The number of carboxylic acid groups (broad SMARTS) is 1. The monoisotopic (exact) mass is 404 g/mol. The first-order valence-corrected chi connectivity index (χ1v) is 9.65. The summed E-state index contributed by atoms with van der Waals surface area (Å²) in [6, 6.07) is 1.35. The number of carbonyl (C=O) groups is 1. The van der Waals surface area contributed by atoms with Crippen molar-refractivity contribution in [3.05, 3.63) is 33.9 Å². The molecule has 1 saturated heterocycles. The van der Waals surface area contributed by atoms with E-state index in [2.05, 4.69) is 23.7 Å². The van der Waals surface area contributed by atoms with Gasteiger partial charge in [0.15, 0.2) is 11.6 Å². The zero-order chi connectivity index (χ0) is 21.9. The van der Waals surface area contributed by atoms with Crippen molar-refractivity contribution in [3.8, 4) is 0 Å². The Morgan fingerprint density at radius 2 is 1.97 bits per heavy atom. The van der Waals surface area contributed by atoms with Gasteiger partial charge in [-0.05, 0) is 46.3 Å². The normalized spacial score (nSPS) is 19.3. The lowest BCUT2D eigenvalue weighted by Gasteiger charge is -2.30. The molecule has 0 bridgehead atoms. The zero-order valence-corrected chi connectivity index (χ0v) is 18.1. The Kier molecular flexibility index (Phi) is 4.98. The minimum Gasteiger partial charge on any atom is -0.477 e. The first-order valence-electron chi connectivity index (χ1n) is 9.65. The Balaban J connectivity index is 2.25. The summed E-state index contributed by atoms with van der Waals surface area (Å²) in [6.45, 7) is 11.2. The maximum Gasteiger partial charge on any atom is 0.341 e. The summed E-state index contributed by atoms with van der Waals surface area (Å²) in [5.41, 5.74) is -1.44. The molecule has 8 heteroatoms. The molecule has 1 N–H and O–H groups in total. The molecule has 7 nitrogen and oxygen atoms in total. The van der Waals surface area contributed by atoms with Gasteiger partial charge >= 0.3 is 5.97 Å². The predicted octanol–water partition coefficient (Wildman–Crippen LogP) is 2.77. The van der Waals surface area contributed by atoms with Crippen molar-refractivity contribution in [2.75, 3.05) is 32.1 Å². The van der Waals surface area contributed by atoms with Gasteiger partial charge in [0.05, 0.1) is 5.39 Å². The highest BCUT2D eigenvalue weighted by atomic mass is 19.1. The van der Waals surface area contributed by atoms with Crippen LogP contribution in [0.5, 0.6) is 0 Å². The van der Waals surface area contributed by atoms with Gasteiger partial charge in [0.2, 0.25) is 5.43 Å². The number of fused-ring (bicyclic) bond motifs is 1. The van der Waals surface area contributed by atoms with E-state index >= 15 is 4.39 Å². The number of hydrogen-bond acceptors (Lipinski definition) is 5. The third-order valence-electron chi connectivity index (χ3n) is 5.68. The molecular weight excluding hydrogens is 375 g/mol. The van der Waals surface area contributed by atoms with Crippen LogP contribution in [0, 0.1) is 11.2 Å². The number of rotatable bonds is 3. The van der Waals surface area contributed by atoms with Crippen molar-refractivity contribution >= 4 is 22.8 Å². The van der Waals surface area contributed by atoms with E-state index in [1.165, 1.54) is 6.20 Å². The molecule has 3 rings (SSSR count). The van der Waals surface area contributed by atoms with E-state index in [1.54, 1.807) is 4.57 Å². The Bertz CT molecular complexity index is 1040. The average molecular weight is 404 g/mol. The van der Waals surface area contributed by atoms with Gasteiger partial charge in [0, 0.05) is 30.9 Å². The van der Waals surface area contributed by atoms with Crippen molar-refractivity contribution in [2.24, 2.45) is 5.41 Å². The van der Waals surface area contributed by atoms with E-state index in [1.807, 2.05) is 39.8 Å². The number of pyridine rings is 2. The van der Waals surface area contributed by atoms with Crippen LogP contribution < -0.4 is 10.3 Å². The van der Waals surface area contributed by atoms with Gasteiger partial charge in [-0.3, -0.25) is 4.79 Å². The van der Waals surface area contributed by atoms with Crippen LogP contribution >= 0.6 is 0 Å². The van der Waals surface area contributed by atoms with Crippen LogP contribution in [0.1, 0.15) is 45.0 Å². The summed E-state index contributed by atoms with van der Waals surface area (Å²) >= 11 is 0. The predicted molar refractivity (Wildman–Crippen MR) is 111 cm³/mol. The van der Waals surface area contributed by atoms with Crippen molar-refractivity contribution in [1.29, 1.82) is 0 Å². The van der Waals surface area contributed by atoms with Gasteiger partial charge in [-0.2, -0.15) is 0 Å². The second-order valence-electron chi connectivity index (χ2n) is 9.73. The van der Waals surface area contributed by atoms with Crippen LogP contribution in [0.3, 0.4) is 0 Å². The second kappa shape index (κ2) is 6.79. The number of likely N-dealkylation sites (N-methyl/N-ethyl adjacent to an activating group) is 1. The lowest BCUT2D eigenvalue weighted by Crippen LogP contribution is -2.40. The van der Waals surface area contributed by atoms with E-state index in [0.717, 1.165) is 6.07 Å². The van der Waals surface area contributed by atoms with Gasteiger partial charge in [0.25, 0.3) is 0 Å². The molecular formula is C21H29FN4O3. The first kappa shape index (κ1) is 21.2. The first-order chi connectivity index (χ1) is 13.2. The zero-order valence-electron chi connectivity index (χ0n) is 18.1. The smallest absolute Gasteiger partial charge is 0.341 e. The SMILES string of the molecule is CN(C)[C@@H]1CN(c2nc3c(cc2F)c(=O)c(C(=O)O)cn3C(C)(C)C)CC1(C)C. The fraction of sp³-hybridized carbons (Fsp3) is 0.571. The summed E-state index contributed by atoms with van der Waals surface area (Å²) in [7, 11) is 4.01. The highest BCUT2D eigenvalue weighted by molar-refractivity contribution is 5.92. The minimum absolute atomic E-state index is 0.0244. The second-order valence-corrected chi connectivity index (χ2v) is 9.73. The number of carboxylic acids is 1. The van der Waals surface area contributed by atoms with Gasteiger partial charge in [0.1, 0.15) is 11.2 Å². The van der Waals surface area contributed by atoms with Crippen molar-refractivity contribution in [3.63, 3.8) is 0 Å². The fourth-order valence-electron chi connectivity index (χ4n) is 4.24. The van der Waals surface area contributed by atoms with Crippen LogP contribution in [0.25, 0.3) is 11.0 Å². The van der Waals surface area contributed by atoms with Gasteiger partial charge in [-0.1, -0.05) is 13.8 Å². The molecule has 0 unspecified atom stereocenters. The molecule has 3 heterocycles. The Morgan fingerprint density at radius 1 is 1.34 bits per heavy atom. The Hall–Kier alpha value is -2.48. The molecule has 158 valence electrons. The number of aromatic nitrogens is 2. The largest absolute Gasteiger partial charge is 0.477 e. The van der Waals surface area contributed by atoms with E-state index in [0.29, 0.717) is 13.1 Å². The van der Waals surface area contributed by atoms with E-state index in [-0.39, 0.29) is 28.3 Å². The molecule has 0 amide bonds. The third kappa shape index (κ3) is 3.61. The van der Waals surface area contributed by atoms with Crippen LogP contribution in [-0.4, -0.2) is 58.8 Å². The molecule has 0 aliphatic carbocycles. The number of aromatic carboxylic acids is 1. The maximum absolute atomic E-state index is 15.1. The van der Waals surface area contributed by atoms with E-state index < -0.39 is 28.3 Å². The maximum atomic E-state index is 15.1. The molecule has 0 saturated carbocycles. The molecule has 1 atom stereocenters. The summed E-state index contributed by atoms with van der Waals surface area (Å²) in [5, 5.41) is 9.39. The van der Waals surface area contributed by atoms with Crippen LogP contribution in [0.2, 0.25) is 0 Å². The topological polar surface area (TPSA) is 78.7 Å². The number of hydrogen-bond donors (Lipinski definition) is 1. The van der Waals surface area contributed by atoms with Crippen LogP contribution in [-0.2, 0) is 5.54 Å². The molecule has 0 spiro atoms. The van der Waals surface area contributed by atoms with Crippen molar-refractivity contribution < 1.29 is 14.3 Å². The van der Waals surface area contributed by atoms with Gasteiger partial charge in [-0.25, -0.2) is 14.2 Å². The molecule has 1 aliphatic heterocycles. The fourth-order valence-corrected chi connectivity index (χ4v) is 4.24. The lowest BCUT2D eigenvalue weighted by molar-refractivity contribution is 0.0694. The van der Waals surface area contributed by atoms with Crippen molar-refractivity contribution in [2.45, 2.75) is 46.2 Å². The molecule has 2 aromatic rings. The summed E-state index contributed by atoms with van der Waals surface area (Å²) in [5.74, 6) is -1.77. The minimum atomic E-state index is -1.34. The summed E-state index contributed by atoms with van der Waals surface area (Å²) < 4.78 is 16.7. The summed E-state index contributed by atoms with van der Waals surface area (Å²) in [6.07, 6.45) is 1.30. The lowest BCUT2D eigenvalue weighted by atomic mass is 9.87. The van der Waals surface area contributed by atoms with Crippen LogP contribution in [0.4, 0.5) is 10.2 Å². The highest BCUT2D eigenvalue weighted by Gasteiger charge is 2.42. The van der Waals surface area contributed by atoms with Gasteiger partial charge < -0.3 is 19.5 Å². The van der Waals surface area contributed by atoms with E-state index in [9.17, 15) is 14.7 Å². The Labute approximate surface area is 169 Å². The van der Waals surface area contributed by atoms with E-state index in [4.69, 9.17) is 0 Å². The Morgan fingerprint density at radius 3 is 2.45 bits per heavy atom. The molecule has 1 fully saturated rings. The number of nitrogens with zero attached hydrogens (tertiary/aromatic N) is 4. The number of halogens is 1. The highest BCUT2D eigenvalue weighted by Crippen LogP contribution is 2.36. The molecule has 2 aromatic heterocycles. The quantitative estimate of drug-likeness (QED) is 0.848. The average Bonchev–Trinajstić information content (AvgIpc) is 2.89. The summed E-state index contributed by atoms with van der Waals surface area (Å²) in [4.78, 5) is 32.8. The third-order valence-corrected chi connectivity index (χ3v) is 5.68. The standard InChI is InChI=1S/C21H29FN4O3/c1-20(2,3)26-9-13(19(28)29)16(27)12-8-14(22)18(23-17(12)26)25-10-15(24(6)7)21(4,5)11-25/h8-9,15H,10-11H2,1-7H3,(H,28,29)/t15-/m1/s1.